The number of carbonyl (C=O) groups excluding carboxylic acids is 9. The lowest BCUT2D eigenvalue weighted by atomic mass is 9.88. The fourth-order valence-electron chi connectivity index (χ4n) is 8.37. The zero-order chi connectivity index (χ0) is 60.6. The van der Waals surface area contributed by atoms with Crippen molar-refractivity contribution in [3.8, 4) is 0 Å². The molecule has 0 radical (unpaired) electrons. The first kappa shape index (κ1) is 70.9. The van der Waals surface area contributed by atoms with Crippen LogP contribution in [0.4, 0.5) is 19.2 Å². The highest BCUT2D eigenvalue weighted by Crippen LogP contribution is 2.26. The van der Waals surface area contributed by atoms with E-state index in [0.717, 1.165) is 89.9 Å². The van der Waals surface area contributed by atoms with Crippen LogP contribution in [0.1, 0.15) is 193 Å². The van der Waals surface area contributed by atoms with Crippen molar-refractivity contribution in [1.82, 2.24) is 49.9 Å². The first-order chi connectivity index (χ1) is 40.9. The summed E-state index contributed by atoms with van der Waals surface area (Å²) in [5.74, 6) is -1.89. The average molecular weight is 1180 g/mol. The molecule has 0 unspecified atom stereocenters. The lowest BCUT2D eigenvalue weighted by molar-refractivity contribution is -0.162. The molecule has 25 nitrogen and oxygen atoms in total. The van der Waals surface area contributed by atoms with Crippen LogP contribution in [-0.2, 0) is 52.4 Å². The molecule has 0 fully saturated rings. The van der Waals surface area contributed by atoms with Crippen LogP contribution in [0.15, 0.2) is 56.2 Å². The van der Waals surface area contributed by atoms with E-state index in [1.165, 1.54) is 38.9 Å². The number of imidazole rings is 3. The Bertz CT molecular complexity index is 2030. The highest BCUT2D eigenvalue weighted by molar-refractivity contribution is 5.77. The van der Waals surface area contributed by atoms with Gasteiger partial charge in [-0.15, -0.1) is 0 Å². The van der Waals surface area contributed by atoms with Gasteiger partial charge in [0.15, 0.2) is 0 Å². The zero-order valence-electron chi connectivity index (χ0n) is 49.6. The topological polar surface area (TPSA) is 311 Å². The Morgan fingerprint density at radius 2 is 0.619 bits per heavy atom. The molecule has 4 N–H and O–H groups in total. The normalized spacial score (nSPS) is 11.1. The Labute approximate surface area is 494 Å². The number of esters is 5. The summed E-state index contributed by atoms with van der Waals surface area (Å²) in [6, 6.07) is -0.648. The Balaban J connectivity index is 1.28. The Hall–Kier alpha value is -7.34. The molecular weight excluding hydrogens is 1090 g/mol. The summed E-state index contributed by atoms with van der Waals surface area (Å²) in [7, 11) is 0. The SMILES string of the molecule is CCC(COC(=O)CCCCCOC(=O)CCCCCCCNC(=O)n1ccnc1)(COC(=O)CCCCCOC(=O)CCCCCCCNC(=O)n1ccnc1)COC(=O)CCCCCOC(=O)NCCCCCCNC(=O)n1ccnc1. The van der Waals surface area contributed by atoms with E-state index >= 15 is 0 Å². The molecule has 0 bridgehead atoms. The predicted molar refractivity (Wildman–Crippen MR) is 309 cm³/mol. The minimum absolute atomic E-state index is 0.110. The molecule has 0 aliphatic rings. The minimum atomic E-state index is -0.999. The van der Waals surface area contributed by atoms with Crippen molar-refractivity contribution < 1.29 is 71.6 Å². The molecule has 3 aromatic heterocycles. The van der Waals surface area contributed by atoms with Crippen molar-refractivity contribution >= 4 is 54.0 Å². The number of alkyl carbamates (subject to hydrolysis) is 1. The molecule has 0 aromatic carbocycles. The molecule has 4 amide bonds. The van der Waals surface area contributed by atoms with Crippen LogP contribution in [0.2, 0.25) is 0 Å². The second-order valence-electron chi connectivity index (χ2n) is 20.8. The third-order valence-corrected chi connectivity index (χ3v) is 13.7. The van der Waals surface area contributed by atoms with Gasteiger partial charge in [0.25, 0.3) is 0 Å². The van der Waals surface area contributed by atoms with Crippen molar-refractivity contribution in [1.29, 1.82) is 0 Å². The highest BCUT2D eigenvalue weighted by atomic mass is 16.6. The van der Waals surface area contributed by atoms with E-state index in [0.29, 0.717) is 103 Å². The standard InChI is InChI=1S/C59H94N10O15/c1-2-59(44-82-52(72)28-16-11-23-41-79-50(70)26-14-5-3-7-19-31-63-55(75)67-38-35-60-47-67,45-83-53(73)29-17-12-24-42-80-51(71)27-15-6-4-8-20-32-64-56(76)68-39-36-61-48-68)46-84-54(74)30-18-13-25-43-81-58(78)66-34-22-10-9-21-33-65-57(77)69-40-37-62-49-69/h35-40,47-49H,2-34,41-46H2,1H3,(H,63,75)(H,64,76)(H,65,77)(H,66,78). The molecule has 3 heterocycles. The van der Waals surface area contributed by atoms with E-state index in [9.17, 15) is 43.2 Å². The maximum absolute atomic E-state index is 12.9. The number of aromatic nitrogens is 6. The lowest BCUT2D eigenvalue weighted by Crippen LogP contribution is -2.39. The van der Waals surface area contributed by atoms with Crippen molar-refractivity contribution in [3.63, 3.8) is 0 Å². The van der Waals surface area contributed by atoms with Crippen molar-refractivity contribution in [2.45, 2.75) is 193 Å². The van der Waals surface area contributed by atoms with Gasteiger partial charge in [0.1, 0.15) is 38.8 Å². The van der Waals surface area contributed by atoms with Gasteiger partial charge in [0.05, 0.1) is 25.2 Å². The van der Waals surface area contributed by atoms with Crippen molar-refractivity contribution in [2.24, 2.45) is 5.41 Å². The molecule has 3 aromatic rings. The second-order valence-corrected chi connectivity index (χ2v) is 20.8. The summed E-state index contributed by atoms with van der Waals surface area (Å²) < 4.78 is 37.3. The van der Waals surface area contributed by atoms with Crippen LogP contribution in [0, 0.1) is 5.41 Å². The fourth-order valence-corrected chi connectivity index (χ4v) is 8.37. The molecule has 0 saturated heterocycles. The van der Waals surface area contributed by atoms with Gasteiger partial charge >= 0.3 is 54.0 Å². The molecule has 0 atom stereocenters. The molecule has 25 heteroatoms. The quantitative estimate of drug-likeness (QED) is 0.0233. The van der Waals surface area contributed by atoms with E-state index < -0.39 is 29.4 Å². The predicted octanol–water partition coefficient (Wildman–Crippen LogP) is 9.11. The van der Waals surface area contributed by atoms with Gasteiger partial charge in [-0.1, -0.05) is 58.3 Å². The minimum Gasteiger partial charge on any atom is -0.466 e. The van der Waals surface area contributed by atoms with E-state index in [1.807, 2.05) is 6.92 Å². The maximum Gasteiger partial charge on any atom is 0.407 e. The van der Waals surface area contributed by atoms with E-state index in [-0.39, 0.29) is 88.9 Å². The van der Waals surface area contributed by atoms with Crippen molar-refractivity contribution in [3.05, 3.63) is 56.2 Å². The summed E-state index contributed by atoms with van der Waals surface area (Å²) in [6.07, 6.45) is 31.7. The van der Waals surface area contributed by atoms with E-state index in [4.69, 9.17) is 28.4 Å². The van der Waals surface area contributed by atoms with Gasteiger partial charge in [0.2, 0.25) is 0 Å². The van der Waals surface area contributed by atoms with E-state index in [2.05, 4.69) is 36.2 Å². The number of unbranched alkanes of at least 4 members (excludes halogenated alkanes) is 17. The van der Waals surface area contributed by atoms with Crippen LogP contribution in [0.25, 0.3) is 0 Å². The van der Waals surface area contributed by atoms with Crippen LogP contribution in [0.5, 0.6) is 0 Å². The number of amides is 4. The van der Waals surface area contributed by atoms with Crippen LogP contribution >= 0.6 is 0 Å². The van der Waals surface area contributed by atoms with Crippen LogP contribution in [0.3, 0.4) is 0 Å². The fraction of sp³-hybridized carbons (Fsp3) is 0.695. The number of hydrogen-bond acceptors (Lipinski definition) is 18. The summed E-state index contributed by atoms with van der Waals surface area (Å²) in [5, 5.41) is 11.2. The molecule has 0 spiro atoms. The average Bonchev–Trinajstić information content (AvgIpc) is 4.46. The molecule has 0 aliphatic carbocycles. The highest BCUT2D eigenvalue weighted by Gasteiger charge is 2.34. The first-order valence-corrected chi connectivity index (χ1v) is 30.4. The molecule has 84 heavy (non-hydrogen) atoms. The number of ether oxygens (including phenoxy) is 6. The summed E-state index contributed by atoms with van der Waals surface area (Å²) in [5.41, 5.74) is -0.999. The van der Waals surface area contributed by atoms with Gasteiger partial charge < -0.3 is 49.7 Å². The molecule has 470 valence electrons. The van der Waals surface area contributed by atoms with Gasteiger partial charge in [-0.3, -0.25) is 37.7 Å². The molecule has 0 aliphatic heterocycles. The maximum atomic E-state index is 12.9. The van der Waals surface area contributed by atoms with Crippen LogP contribution < -0.4 is 21.3 Å². The summed E-state index contributed by atoms with van der Waals surface area (Å²) in [6.45, 7) is 4.26. The Kier molecular flexibility index (Phi) is 38.9. The molecule has 0 saturated carbocycles. The smallest absolute Gasteiger partial charge is 0.407 e. The third-order valence-electron chi connectivity index (χ3n) is 13.7. The van der Waals surface area contributed by atoms with Gasteiger partial charge in [-0.05, 0) is 103 Å². The van der Waals surface area contributed by atoms with Gasteiger partial charge in [0, 0.05) is 95.5 Å². The van der Waals surface area contributed by atoms with Gasteiger partial charge in [-0.2, -0.15) is 0 Å². The number of nitrogens with zero attached hydrogens (tertiary/aromatic N) is 6. The Morgan fingerprint density at radius 1 is 0.345 bits per heavy atom. The monoisotopic (exact) mass is 1180 g/mol. The van der Waals surface area contributed by atoms with Crippen LogP contribution in [-0.4, -0.2) is 149 Å². The van der Waals surface area contributed by atoms with Crippen molar-refractivity contribution in [2.75, 3.05) is 65.8 Å². The molecule has 3 rings (SSSR count). The number of carbonyl (C=O) groups is 9. The largest absolute Gasteiger partial charge is 0.466 e. The first-order valence-electron chi connectivity index (χ1n) is 30.4. The summed E-state index contributed by atoms with van der Waals surface area (Å²) >= 11 is 0. The number of rotatable bonds is 48. The number of hydrogen-bond donors (Lipinski definition) is 4. The van der Waals surface area contributed by atoms with E-state index in [1.54, 1.807) is 31.0 Å². The third kappa shape index (κ3) is 35.6. The number of nitrogens with one attached hydrogen (secondary N) is 4. The second kappa shape index (κ2) is 46.1. The lowest BCUT2D eigenvalue weighted by Gasteiger charge is -2.31. The van der Waals surface area contributed by atoms with Gasteiger partial charge in [-0.25, -0.2) is 34.1 Å². The summed E-state index contributed by atoms with van der Waals surface area (Å²) in [4.78, 5) is 123. The molecular formula is C59H94N10O15. The Morgan fingerprint density at radius 3 is 0.929 bits per heavy atom. The zero-order valence-corrected chi connectivity index (χ0v) is 49.6.